The first kappa shape index (κ1) is 17.0. The van der Waals surface area contributed by atoms with E-state index < -0.39 is 0 Å². The largest absolute Gasteiger partial charge is 0.351 e. The number of piperidine rings is 1. The van der Waals surface area contributed by atoms with E-state index in [4.69, 9.17) is 0 Å². The van der Waals surface area contributed by atoms with Gasteiger partial charge >= 0.3 is 0 Å². The van der Waals surface area contributed by atoms with E-state index in [9.17, 15) is 9.59 Å². The van der Waals surface area contributed by atoms with Crippen molar-refractivity contribution >= 4 is 27.7 Å². The number of carbonyl (C=O) groups is 2. The second kappa shape index (κ2) is 6.82. The van der Waals surface area contributed by atoms with Crippen LogP contribution in [0.4, 0.5) is 0 Å². The lowest BCUT2D eigenvalue weighted by Crippen LogP contribution is -2.47. The summed E-state index contributed by atoms with van der Waals surface area (Å²) in [6.45, 7) is 7.21. The molecule has 0 aliphatic carbocycles. The maximum atomic E-state index is 12.5. The lowest BCUT2D eigenvalue weighted by atomic mass is 9.94. The summed E-state index contributed by atoms with van der Waals surface area (Å²) in [7, 11) is 0. The maximum Gasteiger partial charge on any atom is 0.253 e. The van der Waals surface area contributed by atoms with Crippen molar-refractivity contribution in [2.24, 2.45) is 5.92 Å². The first-order valence-electron chi connectivity index (χ1n) is 7.63. The Balaban J connectivity index is 1.92. The molecular weight excluding hydrogens is 344 g/mol. The minimum Gasteiger partial charge on any atom is -0.351 e. The highest BCUT2D eigenvalue weighted by atomic mass is 79.9. The van der Waals surface area contributed by atoms with Crippen LogP contribution in [0.15, 0.2) is 28.7 Å². The normalized spacial score (nSPS) is 16.5. The van der Waals surface area contributed by atoms with Crippen LogP contribution in [0.25, 0.3) is 0 Å². The van der Waals surface area contributed by atoms with Gasteiger partial charge in [0, 0.05) is 34.6 Å². The molecule has 5 heteroatoms. The van der Waals surface area contributed by atoms with Crippen molar-refractivity contribution in [1.82, 2.24) is 10.2 Å². The molecule has 1 aliphatic heterocycles. The number of nitrogens with zero attached hydrogens (tertiary/aromatic N) is 1. The third kappa shape index (κ3) is 4.57. The van der Waals surface area contributed by atoms with E-state index in [1.807, 2.05) is 49.9 Å². The van der Waals surface area contributed by atoms with Crippen molar-refractivity contribution in [3.63, 3.8) is 0 Å². The molecule has 1 saturated heterocycles. The van der Waals surface area contributed by atoms with Gasteiger partial charge in [-0.15, -0.1) is 0 Å². The molecule has 0 saturated carbocycles. The van der Waals surface area contributed by atoms with Gasteiger partial charge in [-0.25, -0.2) is 0 Å². The molecule has 22 heavy (non-hydrogen) atoms. The minimum absolute atomic E-state index is 0.00536. The van der Waals surface area contributed by atoms with E-state index in [-0.39, 0.29) is 23.3 Å². The molecule has 0 unspecified atom stereocenters. The topological polar surface area (TPSA) is 49.4 Å². The van der Waals surface area contributed by atoms with Crippen molar-refractivity contribution in [3.05, 3.63) is 34.3 Å². The van der Waals surface area contributed by atoms with Gasteiger partial charge in [0.25, 0.3) is 5.91 Å². The molecule has 0 atom stereocenters. The van der Waals surface area contributed by atoms with Gasteiger partial charge < -0.3 is 10.2 Å². The van der Waals surface area contributed by atoms with Crippen molar-refractivity contribution in [1.29, 1.82) is 0 Å². The Morgan fingerprint density at radius 1 is 1.23 bits per heavy atom. The number of hydrogen-bond acceptors (Lipinski definition) is 2. The van der Waals surface area contributed by atoms with E-state index in [0.717, 1.165) is 17.3 Å². The van der Waals surface area contributed by atoms with Crippen LogP contribution in [0, 0.1) is 5.92 Å². The second-order valence-corrected chi connectivity index (χ2v) is 7.73. The highest BCUT2D eigenvalue weighted by molar-refractivity contribution is 9.10. The number of benzene rings is 1. The zero-order valence-electron chi connectivity index (χ0n) is 13.4. The number of rotatable bonds is 2. The van der Waals surface area contributed by atoms with Crippen molar-refractivity contribution in [2.45, 2.75) is 39.2 Å². The molecule has 1 fully saturated rings. The van der Waals surface area contributed by atoms with Crippen LogP contribution in [0.1, 0.15) is 44.0 Å². The van der Waals surface area contributed by atoms with Crippen LogP contribution >= 0.6 is 15.9 Å². The third-order valence-electron chi connectivity index (χ3n) is 3.72. The molecule has 1 aromatic carbocycles. The zero-order valence-corrected chi connectivity index (χ0v) is 14.9. The molecule has 4 nitrogen and oxygen atoms in total. The summed E-state index contributed by atoms with van der Waals surface area (Å²) in [6.07, 6.45) is 1.45. The standard InChI is InChI=1S/C17H23BrN2O2/c1-17(2,3)19-15(21)12-7-9-20(10-8-12)16(22)13-5-4-6-14(18)11-13/h4-6,11-12H,7-10H2,1-3H3,(H,19,21). The Labute approximate surface area is 140 Å². The van der Waals surface area contributed by atoms with E-state index in [1.165, 1.54) is 0 Å². The number of amides is 2. The Morgan fingerprint density at radius 3 is 2.41 bits per heavy atom. The molecule has 0 spiro atoms. The van der Waals surface area contributed by atoms with Crippen LogP contribution in [-0.4, -0.2) is 35.3 Å². The molecule has 0 radical (unpaired) electrons. The van der Waals surface area contributed by atoms with Gasteiger partial charge in [0.15, 0.2) is 0 Å². The molecule has 1 heterocycles. The first-order chi connectivity index (χ1) is 10.3. The lowest BCUT2D eigenvalue weighted by molar-refractivity contribution is -0.127. The van der Waals surface area contributed by atoms with Crippen LogP contribution in [0.2, 0.25) is 0 Å². The van der Waals surface area contributed by atoms with Crippen molar-refractivity contribution in [3.8, 4) is 0 Å². The number of halogens is 1. The van der Waals surface area contributed by atoms with Crippen LogP contribution in [-0.2, 0) is 4.79 Å². The summed E-state index contributed by atoms with van der Waals surface area (Å²) in [4.78, 5) is 26.5. The molecule has 0 bridgehead atoms. The molecule has 1 N–H and O–H groups in total. The Bertz CT molecular complexity index is 558. The molecule has 2 amide bonds. The van der Waals surface area contributed by atoms with Gasteiger partial charge in [0.2, 0.25) is 5.91 Å². The number of hydrogen-bond donors (Lipinski definition) is 1. The average molecular weight is 367 g/mol. The highest BCUT2D eigenvalue weighted by Gasteiger charge is 2.29. The van der Waals surface area contributed by atoms with Gasteiger partial charge in [0.1, 0.15) is 0 Å². The quantitative estimate of drug-likeness (QED) is 0.873. The summed E-state index contributed by atoms with van der Waals surface area (Å²) in [6, 6.07) is 7.42. The predicted molar refractivity (Wildman–Crippen MR) is 90.7 cm³/mol. The van der Waals surface area contributed by atoms with E-state index >= 15 is 0 Å². The van der Waals surface area contributed by atoms with Crippen molar-refractivity contribution in [2.75, 3.05) is 13.1 Å². The molecular formula is C17H23BrN2O2. The van der Waals surface area contributed by atoms with Crippen LogP contribution in [0.3, 0.4) is 0 Å². The first-order valence-corrected chi connectivity index (χ1v) is 8.42. The van der Waals surface area contributed by atoms with Gasteiger partial charge in [0.05, 0.1) is 0 Å². The monoisotopic (exact) mass is 366 g/mol. The molecule has 1 aliphatic rings. The smallest absolute Gasteiger partial charge is 0.253 e. The summed E-state index contributed by atoms with van der Waals surface area (Å²) in [5.41, 5.74) is 0.479. The Hall–Kier alpha value is -1.36. The minimum atomic E-state index is -0.208. The lowest BCUT2D eigenvalue weighted by Gasteiger charge is -2.33. The Morgan fingerprint density at radius 2 is 1.86 bits per heavy atom. The average Bonchev–Trinajstić information content (AvgIpc) is 2.45. The fraction of sp³-hybridized carbons (Fsp3) is 0.529. The van der Waals surface area contributed by atoms with Gasteiger partial charge in [-0.05, 0) is 51.8 Å². The zero-order chi connectivity index (χ0) is 16.3. The molecule has 120 valence electrons. The van der Waals surface area contributed by atoms with Gasteiger partial charge in [-0.3, -0.25) is 9.59 Å². The third-order valence-corrected chi connectivity index (χ3v) is 4.22. The Kier molecular flexibility index (Phi) is 5.27. The number of carbonyl (C=O) groups excluding carboxylic acids is 2. The van der Waals surface area contributed by atoms with E-state index in [1.54, 1.807) is 0 Å². The fourth-order valence-corrected chi connectivity index (χ4v) is 3.02. The van der Waals surface area contributed by atoms with E-state index in [0.29, 0.717) is 18.7 Å². The summed E-state index contributed by atoms with van der Waals surface area (Å²) < 4.78 is 0.901. The molecule has 1 aromatic rings. The van der Waals surface area contributed by atoms with Crippen LogP contribution < -0.4 is 5.32 Å². The van der Waals surface area contributed by atoms with Crippen molar-refractivity contribution < 1.29 is 9.59 Å². The predicted octanol–water partition coefficient (Wildman–Crippen LogP) is 3.22. The maximum absolute atomic E-state index is 12.5. The second-order valence-electron chi connectivity index (χ2n) is 6.82. The summed E-state index contributed by atoms with van der Waals surface area (Å²) >= 11 is 3.39. The van der Waals surface area contributed by atoms with Crippen LogP contribution in [0.5, 0.6) is 0 Å². The summed E-state index contributed by atoms with van der Waals surface area (Å²) in [5, 5.41) is 3.02. The summed E-state index contributed by atoms with van der Waals surface area (Å²) in [5.74, 6) is 0.142. The SMILES string of the molecule is CC(C)(C)NC(=O)C1CCN(C(=O)c2cccc(Br)c2)CC1. The number of likely N-dealkylation sites (tertiary alicyclic amines) is 1. The highest BCUT2D eigenvalue weighted by Crippen LogP contribution is 2.21. The fourth-order valence-electron chi connectivity index (χ4n) is 2.62. The van der Waals surface area contributed by atoms with Gasteiger partial charge in [-0.1, -0.05) is 22.0 Å². The van der Waals surface area contributed by atoms with Gasteiger partial charge in [-0.2, -0.15) is 0 Å². The van der Waals surface area contributed by atoms with E-state index in [2.05, 4.69) is 21.2 Å². The molecule has 0 aromatic heterocycles. The number of nitrogens with one attached hydrogen (secondary N) is 1. The molecule has 2 rings (SSSR count).